The number of fused-ring (bicyclic) bond motifs is 1. The van der Waals surface area contributed by atoms with Crippen LogP contribution >= 0.6 is 0 Å². The zero-order valence-electron chi connectivity index (χ0n) is 8.01. The van der Waals surface area contributed by atoms with Crippen molar-refractivity contribution in [2.24, 2.45) is 5.73 Å². The molecule has 1 heterocycles. The molecule has 1 aliphatic heterocycles. The number of aryl methyl sites for hydroxylation is 1. The van der Waals surface area contributed by atoms with Crippen LogP contribution in [0.1, 0.15) is 22.6 Å². The van der Waals surface area contributed by atoms with Gasteiger partial charge in [0.15, 0.2) is 0 Å². The molecule has 1 aliphatic rings. The lowest BCUT2D eigenvalue weighted by atomic mass is 9.90. The topological polar surface area (TPSA) is 38.0 Å². The van der Waals surface area contributed by atoms with Crippen LogP contribution in [-0.2, 0) is 6.54 Å². The molecule has 3 N–H and O–H groups in total. The van der Waals surface area contributed by atoms with Crippen molar-refractivity contribution in [3.8, 4) is 0 Å². The Labute approximate surface area is 79.1 Å². The van der Waals surface area contributed by atoms with Crippen molar-refractivity contribution in [3.05, 3.63) is 34.9 Å². The van der Waals surface area contributed by atoms with Gasteiger partial charge < -0.3 is 11.1 Å². The second-order valence-electron chi connectivity index (χ2n) is 3.77. The van der Waals surface area contributed by atoms with Gasteiger partial charge in [0, 0.05) is 25.6 Å². The van der Waals surface area contributed by atoms with Gasteiger partial charge in [0.1, 0.15) is 0 Å². The number of nitrogens with one attached hydrogen (secondary N) is 1. The quantitative estimate of drug-likeness (QED) is 0.673. The van der Waals surface area contributed by atoms with Crippen LogP contribution in [0.3, 0.4) is 0 Å². The number of benzene rings is 1. The molecule has 0 aliphatic carbocycles. The van der Waals surface area contributed by atoms with Crippen molar-refractivity contribution in [1.82, 2.24) is 5.32 Å². The molecule has 0 spiro atoms. The molecule has 2 heteroatoms. The van der Waals surface area contributed by atoms with E-state index in [9.17, 15) is 0 Å². The third-order valence-corrected chi connectivity index (χ3v) is 2.73. The molecule has 13 heavy (non-hydrogen) atoms. The summed E-state index contributed by atoms with van der Waals surface area (Å²) in [4.78, 5) is 0. The van der Waals surface area contributed by atoms with Crippen LogP contribution in [0.2, 0.25) is 0 Å². The molecule has 1 aromatic carbocycles. The molecule has 0 saturated carbocycles. The second-order valence-corrected chi connectivity index (χ2v) is 3.77. The average Bonchev–Trinajstić information content (AvgIpc) is 2.17. The smallest absolute Gasteiger partial charge is 0.0208 e. The van der Waals surface area contributed by atoms with Gasteiger partial charge in [-0.05, 0) is 18.1 Å². The standard InChI is InChI=1S/C11H16N2/c1-8-2-3-9-6-13-7-10(5-12)11(9)4-8/h2-4,10,13H,5-7,12H2,1H3. The molecule has 0 radical (unpaired) electrons. The minimum atomic E-state index is 0.503. The van der Waals surface area contributed by atoms with E-state index in [-0.39, 0.29) is 0 Å². The van der Waals surface area contributed by atoms with Gasteiger partial charge in [-0.15, -0.1) is 0 Å². The van der Waals surface area contributed by atoms with Crippen LogP contribution in [0, 0.1) is 6.92 Å². The van der Waals surface area contributed by atoms with Crippen LogP contribution in [0.25, 0.3) is 0 Å². The summed E-state index contributed by atoms with van der Waals surface area (Å²) in [5.41, 5.74) is 9.92. The average molecular weight is 176 g/mol. The molecule has 0 fully saturated rings. The monoisotopic (exact) mass is 176 g/mol. The van der Waals surface area contributed by atoms with Crippen LogP contribution in [-0.4, -0.2) is 13.1 Å². The maximum absolute atomic E-state index is 5.73. The van der Waals surface area contributed by atoms with Crippen molar-refractivity contribution in [2.75, 3.05) is 13.1 Å². The van der Waals surface area contributed by atoms with Gasteiger partial charge in [0.2, 0.25) is 0 Å². The Balaban J connectivity index is 2.41. The SMILES string of the molecule is Cc1ccc2c(c1)C(CN)CNC2. The molecule has 0 aromatic heterocycles. The van der Waals surface area contributed by atoms with Gasteiger partial charge in [-0.25, -0.2) is 0 Å². The zero-order chi connectivity index (χ0) is 9.26. The predicted molar refractivity (Wildman–Crippen MR) is 54.7 cm³/mol. The molecule has 2 nitrogen and oxygen atoms in total. The number of hydrogen-bond donors (Lipinski definition) is 2. The van der Waals surface area contributed by atoms with E-state index in [1.807, 2.05) is 0 Å². The lowest BCUT2D eigenvalue weighted by molar-refractivity contribution is 0.547. The van der Waals surface area contributed by atoms with Crippen LogP contribution < -0.4 is 11.1 Å². The largest absolute Gasteiger partial charge is 0.330 e. The van der Waals surface area contributed by atoms with E-state index < -0.39 is 0 Å². The number of nitrogens with two attached hydrogens (primary N) is 1. The van der Waals surface area contributed by atoms with Gasteiger partial charge in [-0.1, -0.05) is 23.8 Å². The third-order valence-electron chi connectivity index (χ3n) is 2.73. The van der Waals surface area contributed by atoms with Crippen molar-refractivity contribution in [2.45, 2.75) is 19.4 Å². The van der Waals surface area contributed by atoms with Gasteiger partial charge in [0.05, 0.1) is 0 Å². The third kappa shape index (κ3) is 1.60. The first-order valence-corrected chi connectivity index (χ1v) is 4.81. The molecule has 1 unspecified atom stereocenters. The number of hydrogen-bond acceptors (Lipinski definition) is 2. The lowest BCUT2D eigenvalue weighted by Gasteiger charge is -2.25. The summed E-state index contributed by atoms with van der Waals surface area (Å²) >= 11 is 0. The molecule has 2 rings (SSSR count). The maximum Gasteiger partial charge on any atom is 0.0208 e. The highest BCUT2D eigenvalue weighted by atomic mass is 14.9. The van der Waals surface area contributed by atoms with E-state index >= 15 is 0 Å². The van der Waals surface area contributed by atoms with E-state index in [1.54, 1.807) is 0 Å². The molecule has 1 atom stereocenters. The highest BCUT2D eigenvalue weighted by molar-refractivity contribution is 5.36. The maximum atomic E-state index is 5.73. The Bertz CT molecular complexity index is 307. The Kier molecular flexibility index (Phi) is 2.34. The Hall–Kier alpha value is -0.860. The van der Waals surface area contributed by atoms with Crippen LogP contribution in [0.15, 0.2) is 18.2 Å². The van der Waals surface area contributed by atoms with Crippen molar-refractivity contribution < 1.29 is 0 Å². The van der Waals surface area contributed by atoms with Crippen molar-refractivity contribution >= 4 is 0 Å². The molecular formula is C11H16N2. The van der Waals surface area contributed by atoms with Crippen molar-refractivity contribution in [1.29, 1.82) is 0 Å². The summed E-state index contributed by atoms with van der Waals surface area (Å²) in [5.74, 6) is 0.503. The van der Waals surface area contributed by atoms with Crippen LogP contribution in [0.4, 0.5) is 0 Å². The molecule has 0 saturated heterocycles. The Morgan fingerprint density at radius 3 is 3.15 bits per heavy atom. The summed E-state index contributed by atoms with van der Waals surface area (Å²) in [5, 5.41) is 3.38. The fraction of sp³-hybridized carbons (Fsp3) is 0.455. The van der Waals surface area contributed by atoms with Crippen molar-refractivity contribution in [3.63, 3.8) is 0 Å². The first-order valence-electron chi connectivity index (χ1n) is 4.81. The molecule has 1 aromatic rings. The van der Waals surface area contributed by atoms with Gasteiger partial charge in [0.25, 0.3) is 0 Å². The molecule has 0 bridgehead atoms. The van der Waals surface area contributed by atoms with Gasteiger partial charge in [-0.2, -0.15) is 0 Å². The zero-order valence-corrected chi connectivity index (χ0v) is 8.01. The van der Waals surface area contributed by atoms with E-state index in [0.29, 0.717) is 5.92 Å². The summed E-state index contributed by atoms with van der Waals surface area (Å²) in [6.07, 6.45) is 0. The highest BCUT2D eigenvalue weighted by Crippen LogP contribution is 2.23. The molecule has 70 valence electrons. The minimum absolute atomic E-state index is 0.503. The van der Waals surface area contributed by atoms with Gasteiger partial charge in [-0.3, -0.25) is 0 Å². The van der Waals surface area contributed by atoms with Gasteiger partial charge >= 0.3 is 0 Å². The van der Waals surface area contributed by atoms with E-state index in [1.165, 1.54) is 16.7 Å². The molecule has 0 amide bonds. The van der Waals surface area contributed by atoms with E-state index in [4.69, 9.17) is 5.73 Å². The normalized spacial score (nSPS) is 21.2. The summed E-state index contributed by atoms with van der Waals surface area (Å²) < 4.78 is 0. The fourth-order valence-corrected chi connectivity index (χ4v) is 1.96. The minimum Gasteiger partial charge on any atom is -0.330 e. The fourth-order valence-electron chi connectivity index (χ4n) is 1.96. The Morgan fingerprint density at radius 1 is 1.54 bits per heavy atom. The number of rotatable bonds is 1. The van der Waals surface area contributed by atoms with E-state index in [2.05, 4.69) is 30.4 Å². The first kappa shape index (κ1) is 8.73. The summed E-state index contributed by atoms with van der Waals surface area (Å²) in [6.45, 7) is 4.89. The first-order chi connectivity index (χ1) is 6.31. The Morgan fingerprint density at radius 2 is 2.38 bits per heavy atom. The van der Waals surface area contributed by atoms with E-state index in [0.717, 1.165) is 19.6 Å². The second kappa shape index (κ2) is 3.48. The predicted octanol–water partition coefficient (Wildman–Crippen LogP) is 1.14. The van der Waals surface area contributed by atoms with Crippen LogP contribution in [0.5, 0.6) is 0 Å². The summed E-state index contributed by atoms with van der Waals surface area (Å²) in [6, 6.07) is 6.65. The lowest BCUT2D eigenvalue weighted by Crippen LogP contribution is -2.32. The molecular weight excluding hydrogens is 160 g/mol. The summed E-state index contributed by atoms with van der Waals surface area (Å²) in [7, 11) is 0. The highest BCUT2D eigenvalue weighted by Gasteiger charge is 2.17.